The number of nitrogens with zero attached hydrogens (tertiary/aromatic N) is 2. The maximum absolute atomic E-state index is 5.41. The van der Waals surface area contributed by atoms with Crippen molar-refractivity contribution >= 4 is 34.8 Å². The smallest absolute Gasteiger partial charge is 0.162 e. The summed E-state index contributed by atoms with van der Waals surface area (Å²) in [5.74, 6) is 2.01. The highest BCUT2D eigenvalue weighted by Crippen LogP contribution is 2.34. The Morgan fingerprint density at radius 2 is 1.45 bits per heavy atom. The van der Waals surface area contributed by atoms with Gasteiger partial charge >= 0.3 is 0 Å². The molecular weight excluding hydrogens is 386 g/mol. The fraction of sp³-hybridized carbons (Fsp3) is 0.130. The molecule has 0 fully saturated rings. The number of aromatic nitrogens is 2. The number of fused-ring (bicyclic) bond motifs is 1. The maximum Gasteiger partial charge on any atom is 0.162 e. The van der Waals surface area contributed by atoms with Crippen LogP contribution in [0, 0.1) is 0 Å². The largest absolute Gasteiger partial charge is 0.493 e. The van der Waals surface area contributed by atoms with Crippen molar-refractivity contribution in [2.24, 2.45) is 0 Å². The van der Waals surface area contributed by atoms with Gasteiger partial charge in [0.15, 0.2) is 11.5 Å². The second kappa shape index (κ2) is 9.26. The van der Waals surface area contributed by atoms with Gasteiger partial charge in [-0.2, -0.15) is 0 Å². The Hall–Kier alpha value is -3.31. The highest BCUT2D eigenvalue weighted by molar-refractivity contribution is 5.93. The van der Waals surface area contributed by atoms with Gasteiger partial charge in [-0.15, -0.1) is 12.4 Å². The number of ether oxygens (including phenoxy) is 2. The summed E-state index contributed by atoms with van der Waals surface area (Å²) in [4.78, 5) is 8.75. The van der Waals surface area contributed by atoms with Crippen LogP contribution in [0.15, 0.2) is 73.1 Å². The molecule has 29 heavy (non-hydrogen) atoms. The molecule has 1 heterocycles. The SMILES string of the molecule is COc1cc2ncnc(Nc3ccc(Cc4ccccc4)cc3)c2cc1OC.Cl. The van der Waals surface area contributed by atoms with E-state index in [1.807, 2.05) is 18.2 Å². The zero-order valence-corrected chi connectivity index (χ0v) is 17.1. The van der Waals surface area contributed by atoms with E-state index in [0.717, 1.165) is 28.8 Å². The summed E-state index contributed by atoms with van der Waals surface area (Å²) in [7, 11) is 3.23. The highest BCUT2D eigenvalue weighted by Gasteiger charge is 2.11. The summed E-state index contributed by atoms with van der Waals surface area (Å²) in [5.41, 5.74) is 4.31. The lowest BCUT2D eigenvalue weighted by atomic mass is 10.0. The van der Waals surface area contributed by atoms with Crippen molar-refractivity contribution < 1.29 is 9.47 Å². The fourth-order valence-electron chi connectivity index (χ4n) is 3.16. The van der Waals surface area contributed by atoms with E-state index in [2.05, 4.69) is 63.8 Å². The molecule has 6 heteroatoms. The maximum atomic E-state index is 5.41. The Kier molecular flexibility index (Phi) is 6.52. The Bertz CT molecular complexity index is 1090. The molecule has 1 aromatic heterocycles. The topological polar surface area (TPSA) is 56.3 Å². The summed E-state index contributed by atoms with van der Waals surface area (Å²) < 4.78 is 10.8. The quantitative estimate of drug-likeness (QED) is 0.463. The molecular formula is C23H22ClN3O2. The number of methoxy groups -OCH3 is 2. The van der Waals surface area contributed by atoms with Gasteiger partial charge in [0, 0.05) is 17.1 Å². The monoisotopic (exact) mass is 407 g/mol. The van der Waals surface area contributed by atoms with Crippen molar-refractivity contribution in [3.63, 3.8) is 0 Å². The van der Waals surface area contributed by atoms with Crippen LogP contribution in [-0.4, -0.2) is 24.2 Å². The van der Waals surface area contributed by atoms with Crippen molar-refractivity contribution in [1.29, 1.82) is 0 Å². The third kappa shape index (κ3) is 4.58. The first-order valence-electron chi connectivity index (χ1n) is 9.03. The van der Waals surface area contributed by atoms with E-state index in [1.54, 1.807) is 20.5 Å². The minimum atomic E-state index is 0. The number of anilines is 2. The van der Waals surface area contributed by atoms with Crippen LogP contribution in [0.25, 0.3) is 10.9 Å². The summed E-state index contributed by atoms with van der Waals surface area (Å²) in [6.45, 7) is 0. The molecule has 0 unspecified atom stereocenters. The summed E-state index contributed by atoms with van der Waals surface area (Å²) >= 11 is 0. The number of halogens is 1. The molecule has 0 spiro atoms. The van der Waals surface area contributed by atoms with Gasteiger partial charge in [0.25, 0.3) is 0 Å². The van der Waals surface area contributed by atoms with E-state index < -0.39 is 0 Å². The van der Waals surface area contributed by atoms with E-state index in [1.165, 1.54) is 11.1 Å². The molecule has 3 aromatic carbocycles. The van der Waals surface area contributed by atoms with Gasteiger partial charge in [0.2, 0.25) is 0 Å². The second-order valence-corrected chi connectivity index (χ2v) is 6.43. The van der Waals surface area contributed by atoms with Crippen LogP contribution >= 0.6 is 12.4 Å². The molecule has 0 radical (unpaired) electrons. The zero-order chi connectivity index (χ0) is 19.3. The molecule has 0 aliphatic heterocycles. The third-order valence-electron chi connectivity index (χ3n) is 4.61. The average molecular weight is 408 g/mol. The Balaban J connectivity index is 0.00000240. The Morgan fingerprint density at radius 3 is 2.14 bits per heavy atom. The summed E-state index contributed by atoms with van der Waals surface area (Å²) in [6, 6.07) is 22.6. The predicted octanol–water partition coefficient (Wildman–Crippen LogP) is 5.40. The first-order valence-corrected chi connectivity index (χ1v) is 9.03. The van der Waals surface area contributed by atoms with Crippen LogP contribution in [0.3, 0.4) is 0 Å². The Morgan fingerprint density at radius 1 is 0.793 bits per heavy atom. The van der Waals surface area contributed by atoms with Gasteiger partial charge in [-0.3, -0.25) is 0 Å². The standard InChI is InChI=1S/C23H21N3O2.ClH/c1-27-21-13-19-20(14-22(21)28-2)24-15-25-23(19)26-18-10-8-17(9-11-18)12-16-6-4-3-5-7-16;/h3-11,13-15H,12H2,1-2H3,(H,24,25,26);1H. The van der Waals surface area contributed by atoms with Crippen molar-refractivity contribution in [3.05, 3.63) is 84.2 Å². The highest BCUT2D eigenvalue weighted by atomic mass is 35.5. The molecule has 0 atom stereocenters. The van der Waals surface area contributed by atoms with Crippen molar-refractivity contribution in [2.45, 2.75) is 6.42 Å². The van der Waals surface area contributed by atoms with Gasteiger partial charge < -0.3 is 14.8 Å². The van der Waals surface area contributed by atoms with Gasteiger partial charge in [-0.1, -0.05) is 42.5 Å². The van der Waals surface area contributed by atoms with Crippen molar-refractivity contribution in [3.8, 4) is 11.5 Å². The first kappa shape index (κ1) is 20.4. The second-order valence-electron chi connectivity index (χ2n) is 6.43. The number of benzene rings is 3. The van der Waals surface area contributed by atoms with Crippen LogP contribution in [0.1, 0.15) is 11.1 Å². The van der Waals surface area contributed by atoms with Crippen molar-refractivity contribution in [2.75, 3.05) is 19.5 Å². The van der Waals surface area contributed by atoms with E-state index in [-0.39, 0.29) is 12.4 Å². The van der Waals surface area contributed by atoms with Crippen LogP contribution < -0.4 is 14.8 Å². The van der Waals surface area contributed by atoms with Gasteiger partial charge in [-0.25, -0.2) is 9.97 Å². The van der Waals surface area contributed by atoms with E-state index in [4.69, 9.17) is 9.47 Å². The molecule has 5 nitrogen and oxygen atoms in total. The molecule has 0 bridgehead atoms. The normalized spacial score (nSPS) is 10.3. The van der Waals surface area contributed by atoms with Crippen LogP contribution in [0.5, 0.6) is 11.5 Å². The molecule has 0 aliphatic rings. The molecule has 4 rings (SSSR count). The van der Waals surface area contributed by atoms with E-state index >= 15 is 0 Å². The molecule has 0 saturated heterocycles. The van der Waals surface area contributed by atoms with Crippen LogP contribution in [-0.2, 0) is 6.42 Å². The summed E-state index contributed by atoms with van der Waals surface area (Å²) in [6.07, 6.45) is 2.45. The molecule has 0 aliphatic carbocycles. The minimum Gasteiger partial charge on any atom is -0.493 e. The van der Waals surface area contributed by atoms with E-state index in [9.17, 15) is 0 Å². The van der Waals surface area contributed by atoms with Gasteiger partial charge in [0.05, 0.1) is 19.7 Å². The van der Waals surface area contributed by atoms with Crippen molar-refractivity contribution in [1.82, 2.24) is 9.97 Å². The number of nitrogens with one attached hydrogen (secondary N) is 1. The number of hydrogen-bond donors (Lipinski definition) is 1. The fourth-order valence-corrected chi connectivity index (χ4v) is 3.16. The number of rotatable bonds is 6. The first-order chi connectivity index (χ1) is 13.8. The molecule has 0 amide bonds. The molecule has 1 N–H and O–H groups in total. The zero-order valence-electron chi connectivity index (χ0n) is 16.3. The third-order valence-corrected chi connectivity index (χ3v) is 4.61. The van der Waals surface area contributed by atoms with Crippen LogP contribution in [0.2, 0.25) is 0 Å². The van der Waals surface area contributed by atoms with Gasteiger partial charge in [0.1, 0.15) is 12.1 Å². The lowest BCUT2D eigenvalue weighted by Crippen LogP contribution is -1.98. The minimum absolute atomic E-state index is 0. The Labute approximate surface area is 176 Å². The van der Waals surface area contributed by atoms with Crippen LogP contribution in [0.4, 0.5) is 11.5 Å². The summed E-state index contributed by atoms with van der Waals surface area (Å²) in [5, 5.41) is 4.25. The van der Waals surface area contributed by atoms with E-state index in [0.29, 0.717) is 11.5 Å². The molecule has 0 saturated carbocycles. The predicted molar refractivity (Wildman–Crippen MR) is 119 cm³/mol. The lowest BCUT2D eigenvalue weighted by molar-refractivity contribution is 0.356. The average Bonchev–Trinajstić information content (AvgIpc) is 2.75. The molecule has 4 aromatic rings. The lowest BCUT2D eigenvalue weighted by Gasteiger charge is -2.12. The van der Waals surface area contributed by atoms with Gasteiger partial charge in [-0.05, 0) is 35.7 Å². The number of hydrogen-bond acceptors (Lipinski definition) is 5. The molecule has 148 valence electrons.